The Kier molecular flexibility index (Phi) is 5.43. The number of anilines is 1. The lowest BCUT2D eigenvalue weighted by Crippen LogP contribution is -2.13. The Morgan fingerprint density at radius 1 is 0.906 bits per heavy atom. The van der Waals surface area contributed by atoms with E-state index in [-0.39, 0.29) is 5.91 Å². The highest BCUT2D eigenvalue weighted by molar-refractivity contribution is 7.14. The van der Waals surface area contributed by atoms with Crippen LogP contribution in [0.5, 0.6) is 0 Å². The van der Waals surface area contributed by atoms with Crippen molar-refractivity contribution in [3.63, 3.8) is 0 Å². The third-order valence-electron chi connectivity index (χ3n) is 5.25. The molecular weight excluding hydrogens is 438 g/mol. The van der Waals surface area contributed by atoms with Gasteiger partial charge in [-0.25, -0.2) is 9.97 Å². The molecule has 3 aromatic carbocycles. The molecule has 0 spiro atoms. The number of halogens is 1. The number of fused-ring (bicyclic) bond motifs is 1. The zero-order valence-electron chi connectivity index (χ0n) is 17.2. The van der Waals surface area contributed by atoms with E-state index < -0.39 is 0 Å². The maximum absolute atomic E-state index is 13.3. The summed E-state index contributed by atoms with van der Waals surface area (Å²) in [6.07, 6.45) is 0. The van der Waals surface area contributed by atoms with E-state index in [0.717, 1.165) is 39.0 Å². The van der Waals surface area contributed by atoms with Crippen LogP contribution in [0.15, 0.2) is 84.2 Å². The fourth-order valence-corrected chi connectivity index (χ4v) is 4.45. The van der Waals surface area contributed by atoms with E-state index in [1.807, 2.05) is 91.2 Å². The minimum Gasteiger partial charge on any atom is -0.298 e. The molecule has 0 radical (unpaired) electrons. The van der Waals surface area contributed by atoms with E-state index in [1.165, 1.54) is 11.3 Å². The summed E-state index contributed by atoms with van der Waals surface area (Å²) in [7, 11) is 0. The van der Waals surface area contributed by atoms with Gasteiger partial charge in [-0.15, -0.1) is 11.3 Å². The van der Waals surface area contributed by atoms with E-state index in [9.17, 15) is 4.79 Å². The molecule has 0 unspecified atom stereocenters. The number of hydrogen-bond donors (Lipinski definition) is 1. The Balaban J connectivity index is 1.51. The van der Waals surface area contributed by atoms with Gasteiger partial charge in [-0.3, -0.25) is 10.1 Å². The number of pyridine rings is 1. The highest BCUT2D eigenvalue weighted by Crippen LogP contribution is 2.29. The van der Waals surface area contributed by atoms with Gasteiger partial charge in [0.05, 0.1) is 22.5 Å². The zero-order chi connectivity index (χ0) is 22.1. The van der Waals surface area contributed by atoms with Crippen molar-refractivity contribution in [3.8, 4) is 22.5 Å². The van der Waals surface area contributed by atoms with Crippen molar-refractivity contribution in [2.24, 2.45) is 0 Å². The Hall–Kier alpha value is -3.54. The van der Waals surface area contributed by atoms with E-state index in [2.05, 4.69) is 10.3 Å². The van der Waals surface area contributed by atoms with Gasteiger partial charge in [0.2, 0.25) is 0 Å². The molecule has 0 atom stereocenters. The molecule has 0 aliphatic heterocycles. The molecule has 1 amide bonds. The number of aromatic nitrogens is 2. The standard InChI is InChI=1S/C26H18ClN3OS/c1-16-6-2-3-7-19(16)23-14-21(20-8-4-5-9-22(20)28-23)25(31)30-26-29-24(15-32-26)17-10-12-18(27)13-11-17/h2-15H,1H3,(H,29,30,31). The first kappa shape index (κ1) is 20.4. The number of aryl methyl sites for hydroxylation is 1. The molecule has 1 N–H and O–H groups in total. The topological polar surface area (TPSA) is 54.9 Å². The maximum atomic E-state index is 13.3. The Morgan fingerprint density at radius 2 is 1.66 bits per heavy atom. The predicted octanol–water partition coefficient (Wildman–Crippen LogP) is 7.24. The van der Waals surface area contributed by atoms with Crippen LogP contribution in [0.3, 0.4) is 0 Å². The number of para-hydroxylation sites is 1. The van der Waals surface area contributed by atoms with Crippen LogP contribution in [0.4, 0.5) is 5.13 Å². The number of nitrogens with one attached hydrogen (secondary N) is 1. The van der Waals surface area contributed by atoms with E-state index in [0.29, 0.717) is 15.7 Å². The Bertz CT molecular complexity index is 1440. The van der Waals surface area contributed by atoms with E-state index >= 15 is 0 Å². The average Bonchev–Trinajstić information content (AvgIpc) is 3.27. The van der Waals surface area contributed by atoms with Crippen LogP contribution >= 0.6 is 22.9 Å². The quantitative estimate of drug-likeness (QED) is 0.310. The number of carbonyl (C=O) groups is 1. The van der Waals surface area contributed by atoms with Crippen molar-refractivity contribution >= 4 is 44.9 Å². The van der Waals surface area contributed by atoms with Gasteiger partial charge in [0.25, 0.3) is 5.91 Å². The first-order valence-electron chi connectivity index (χ1n) is 10.1. The summed E-state index contributed by atoms with van der Waals surface area (Å²) in [4.78, 5) is 22.7. The number of amides is 1. The normalized spacial score (nSPS) is 10.9. The van der Waals surface area contributed by atoms with Gasteiger partial charge in [-0.1, -0.05) is 66.2 Å². The largest absolute Gasteiger partial charge is 0.298 e. The minimum atomic E-state index is -0.213. The highest BCUT2D eigenvalue weighted by atomic mass is 35.5. The fraction of sp³-hybridized carbons (Fsp3) is 0.0385. The van der Waals surface area contributed by atoms with Crippen LogP contribution in [0.25, 0.3) is 33.4 Å². The third-order valence-corrected chi connectivity index (χ3v) is 6.26. The molecule has 5 rings (SSSR count). The summed E-state index contributed by atoms with van der Waals surface area (Å²) in [5.74, 6) is -0.213. The van der Waals surface area contributed by atoms with Gasteiger partial charge < -0.3 is 0 Å². The number of nitrogens with zero attached hydrogens (tertiary/aromatic N) is 2. The summed E-state index contributed by atoms with van der Waals surface area (Å²) < 4.78 is 0. The van der Waals surface area contributed by atoms with Gasteiger partial charge in [-0.05, 0) is 36.8 Å². The lowest BCUT2D eigenvalue weighted by Gasteiger charge is -2.11. The lowest BCUT2D eigenvalue weighted by atomic mass is 10.0. The van der Waals surface area contributed by atoms with Crippen LogP contribution in [-0.2, 0) is 0 Å². The van der Waals surface area contributed by atoms with Gasteiger partial charge >= 0.3 is 0 Å². The highest BCUT2D eigenvalue weighted by Gasteiger charge is 2.16. The van der Waals surface area contributed by atoms with Crippen molar-refractivity contribution in [1.29, 1.82) is 0 Å². The van der Waals surface area contributed by atoms with Crippen molar-refractivity contribution < 1.29 is 4.79 Å². The molecule has 0 saturated carbocycles. The molecule has 2 aromatic heterocycles. The molecular formula is C26H18ClN3OS. The molecule has 0 fully saturated rings. The average molecular weight is 456 g/mol. The molecule has 4 nitrogen and oxygen atoms in total. The van der Waals surface area contributed by atoms with Crippen LogP contribution in [0, 0.1) is 6.92 Å². The minimum absolute atomic E-state index is 0.213. The monoisotopic (exact) mass is 455 g/mol. The van der Waals surface area contributed by atoms with Crippen LogP contribution in [0.2, 0.25) is 5.02 Å². The number of hydrogen-bond acceptors (Lipinski definition) is 4. The van der Waals surface area contributed by atoms with Crippen LogP contribution in [0.1, 0.15) is 15.9 Å². The van der Waals surface area contributed by atoms with Gasteiger partial charge in [-0.2, -0.15) is 0 Å². The molecule has 6 heteroatoms. The molecule has 0 bridgehead atoms. The van der Waals surface area contributed by atoms with Gasteiger partial charge in [0, 0.05) is 26.9 Å². The van der Waals surface area contributed by atoms with E-state index in [4.69, 9.17) is 16.6 Å². The van der Waals surface area contributed by atoms with Crippen molar-refractivity contribution in [2.75, 3.05) is 5.32 Å². The molecule has 2 heterocycles. The zero-order valence-corrected chi connectivity index (χ0v) is 18.7. The molecule has 32 heavy (non-hydrogen) atoms. The third kappa shape index (κ3) is 4.00. The first-order valence-corrected chi connectivity index (χ1v) is 11.3. The summed E-state index contributed by atoms with van der Waals surface area (Å²) in [6.45, 7) is 2.04. The number of rotatable bonds is 4. The molecule has 156 valence electrons. The Morgan fingerprint density at radius 3 is 2.47 bits per heavy atom. The summed E-state index contributed by atoms with van der Waals surface area (Å²) in [5, 5.41) is 6.89. The second kappa shape index (κ2) is 8.54. The molecule has 5 aromatic rings. The lowest BCUT2D eigenvalue weighted by molar-refractivity contribution is 0.102. The van der Waals surface area contributed by atoms with Crippen molar-refractivity contribution in [2.45, 2.75) is 6.92 Å². The number of carbonyl (C=O) groups excluding carboxylic acids is 1. The van der Waals surface area contributed by atoms with Crippen molar-refractivity contribution in [3.05, 3.63) is 100 Å². The molecule has 0 saturated heterocycles. The molecule has 0 aliphatic carbocycles. The SMILES string of the molecule is Cc1ccccc1-c1cc(C(=O)Nc2nc(-c3ccc(Cl)cc3)cs2)c2ccccc2n1. The second-order valence-electron chi connectivity index (χ2n) is 7.39. The summed E-state index contributed by atoms with van der Waals surface area (Å²) >= 11 is 7.36. The summed E-state index contributed by atoms with van der Waals surface area (Å²) in [6, 6.07) is 25.0. The number of thiazole rings is 1. The molecule has 0 aliphatic rings. The van der Waals surface area contributed by atoms with Crippen LogP contribution < -0.4 is 5.32 Å². The second-order valence-corrected chi connectivity index (χ2v) is 8.68. The Labute approximate surface area is 194 Å². The number of benzene rings is 3. The first-order chi connectivity index (χ1) is 15.6. The predicted molar refractivity (Wildman–Crippen MR) is 132 cm³/mol. The fourth-order valence-electron chi connectivity index (χ4n) is 3.61. The van der Waals surface area contributed by atoms with Crippen molar-refractivity contribution in [1.82, 2.24) is 9.97 Å². The van der Waals surface area contributed by atoms with Crippen LogP contribution in [-0.4, -0.2) is 15.9 Å². The van der Waals surface area contributed by atoms with Gasteiger partial charge in [0.1, 0.15) is 0 Å². The van der Waals surface area contributed by atoms with Gasteiger partial charge in [0.15, 0.2) is 5.13 Å². The van der Waals surface area contributed by atoms with E-state index in [1.54, 1.807) is 0 Å². The smallest absolute Gasteiger partial charge is 0.258 e. The summed E-state index contributed by atoms with van der Waals surface area (Å²) in [5.41, 5.74) is 5.97. The maximum Gasteiger partial charge on any atom is 0.258 e.